The summed E-state index contributed by atoms with van der Waals surface area (Å²) < 4.78 is 7.36. The van der Waals surface area contributed by atoms with Gasteiger partial charge in [0.1, 0.15) is 0 Å². The number of rotatable bonds is 5. The van der Waals surface area contributed by atoms with Crippen molar-refractivity contribution in [2.45, 2.75) is 32.7 Å². The van der Waals surface area contributed by atoms with Crippen LogP contribution in [0.3, 0.4) is 0 Å². The quantitative estimate of drug-likeness (QED) is 0.702. The Morgan fingerprint density at radius 1 is 1.30 bits per heavy atom. The zero-order valence-corrected chi connectivity index (χ0v) is 17.0. The third-order valence-corrected chi connectivity index (χ3v) is 6.67. The summed E-state index contributed by atoms with van der Waals surface area (Å²) in [7, 11) is 0. The van der Waals surface area contributed by atoms with Crippen molar-refractivity contribution in [3.8, 4) is 0 Å². The van der Waals surface area contributed by atoms with Crippen molar-refractivity contribution in [3.05, 3.63) is 48.2 Å². The molecule has 1 aliphatic heterocycles. The summed E-state index contributed by atoms with van der Waals surface area (Å²) in [5.74, 6) is 0.663. The molecule has 1 atom stereocenters. The van der Waals surface area contributed by atoms with E-state index in [1.807, 2.05) is 24.1 Å². The molecule has 3 aromatic heterocycles. The lowest BCUT2D eigenvalue weighted by Gasteiger charge is -2.32. The number of fused-ring (bicyclic) bond motifs is 1. The van der Waals surface area contributed by atoms with Crippen LogP contribution in [0.15, 0.2) is 41.3 Å². The highest BCUT2D eigenvalue weighted by Gasteiger charge is 2.54. The average Bonchev–Trinajstić information content (AvgIpc) is 3.15. The number of aromatic nitrogens is 3. The Hall–Kier alpha value is -3.16. The van der Waals surface area contributed by atoms with Gasteiger partial charge in [0.2, 0.25) is 0 Å². The minimum absolute atomic E-state index is 0.0643. The Kier molecular flexibility index (Phi) is 4.56. The third kappa shape index (κ3) is 3.36. The monoisotopic (exact) mass is 407 g/mol. The first-order valence-corrected chi connectivity index (χ1v) is 10.5. The number of amides is 2. The summed E-state index contributed by atoms with van der Waals surface area (Å²) in [6, 6.07) is 3.58. The zero-order chi connectivity index (χ0) is 20.7. The van der Waals surface area contributed by atoms with E-state index in [1.165, 1.54) is 0 Å². The number of hydrogen-bond donors (Lipinski definition) is 1. The lowest BCUT2D eigenvalue weighted by atomic mass is 9.90. The van der Waals surface area contributed by atoms with E-state index in [2.05, 4.69) is 15.4 Å². The lowest BCUT2D eigenvalue weighted by molar-refractivity contribution is 0.0668. The summed E-state index contributed by atoms with van der Waals surface area (Å²) >= 11 is 0. The Balaban J connectivity index is 1.13. The van der Waals surface area contributed by atoms with Gasteiger partial charge in [0.25, 0.3) is 11.8 Å². The number of pyridine rings is 1. The van der Waals surface area contributed by atoms with E-state index in [4.69, 9.17) is 4.42 Å². The van der Waals surface area contributed by atoms with E-state index in [9.17, 15) is 9.59 Å². The molecule has 1 saturated heterocycles. The fourth-order valence-electron chi connectivity index (χ4n) is 4.62. The van der Waals surface area contributed by atoms with Gasteiger partial charge in [0.15, 0.2) is 11.3 Å². The highest BCUT2D eigenvalue weighted by molar-refractivity contribution is 5.96. The Morgan fingerprint density at radius 3 is 2.87 bits per heavy atom. The Morgan fingerprint density at radius 2 is 2.13 bits per heavy atom. The molecule has 2 aliphatic rings. The van der Waals surface area contributed by atoms with Crippen LogP contribution < -0.4 is 5.32 Å². The van der Waals surface area contributed by atoms with Gasteiger partial charge in [-0.15, -0.1) is 0 Å². The lowest BCUT2D eigenvalue weighted by Crippen LogP contribution is -2.40. The van der Waals surface area contributed by atoms with E-state index < -0.39 is 0 Å². The number of piperidine rings is 1. The van der Waals surface area contributed by atoms with Gasteiger partial charge in [-0.05, 0) is 49.7 Å². The summed E-state index contributed by atoms with van der Waals surface area (Å²) in [5.41, 5.74) is 1.54. The number of hydrogen-bond acceptors (Lipinski definition) is 5. The fraction of sp³-hybridized carbons (Fsp3) is 0.455. The molecule has 3 aromatic rings. The van der Waals surface area contributed by atoms with E-state index in [1.54, 1.807) is 29.3 Å². The molecule has 8 heteroatoms. The first kappa shape index (κ1) is 18.8. The predicted molar refractivity (Wildman–Crippen MR) is 110 cm³/mol. The van der Waals surface area contributed by atoms with Crippen LogP contribution in [-0.4, -0.2) is 51.1 Å². The smallest absolute Gasteiger partial charge is 0.287 e. The zero-order valence-electron chi connectivity index (χ0n) is 17.0. The Labute approximate surface area is 174 Å². The number of likely N-dealkylation sites (tertiary alicyclic amines) is 1. The molecule has 4 heterocycles. The van der Waals surface area contributed by atoms with Gasteiger partial charge in [-0.1, -0.05) is 0 Å². The highest BCUT2D eigenvalue weighted by atomic mass is 16.3. The van der Waals surface area contributed by atoms with E-state index >= 15 is 0 Å². The van der Waals surface area contributed by atoms with Gasteiger partial charge in [0.05, 0.1) is 18.0 Å². The van der Waals surface area contributed by atoms with Crippen molar-refractivity contribution in [1.82, 2.24) is 25.0 Å². The van der Waals surface area contributed by atoms with E-state index in [-0.39, 0.29) is 17.2 Å². The molecule has 5 rings (SSSR count). The number of aryl methyl sites for hydroxylation is 1. The molecule has 30 heavy (non-hydrogen) atoms. The summed E-state index contributed by atoms with van der Waals surface area (Å²) in [4.78, 5) is 31.1. The largest absolute Gasteiger partial charge is 0.449 e. The summed E-state index contributed by atoms with van der Waals surface area (Å²) in [5, 5.41) is 8.09. The molecule has 1 unspecified atom stereocenters. The molecule has 1 spiro atoms. The van der Waals surface area contributed by atoms with Crippen LogP contribution in [0, 0.1) is 11.3 Å². The second-order valence-electron chi connectivity index (χ2n) is 8.37. The van der Waals surface area contributed by atoms with Gasteiger partial charge in [-0.25, -0.2) is 0 Å². The van der Waals surface area contributed by atoms with Crippen molar-refractivity contribution < 1.29 is 14.0 Å². The molecule has 2 amide bonds. The van der Waals surface area contributed by atoms with Crippen molar-refractivity contribution in [3.63, 3.8) is 0 Å². The summed E-state index contributed by atoms with van der Waals surface area (Å²) in [6.07, 6.45) is 9.84. The topological polar surface area (TPSA) is 93.3 Å². The van der Waals surface area contributed by atoms with Gasteiger partial charge in [-0.2, -0.15) is 5.10 Å². The minimum atomic E-state index is -0.186. The maximum absolute atomic E-state index is 12.7. The number of furan rings is 1. The molecular formula is C22H25N5O3. The van der Waals surface area contributed by atoms with Crippen molar-refractivity contribution >= 4 is 22.8 Å². The standard InChI is InChI=1S/C22H25N5O3/c1-2-27-14-16(11-25-27)21(29)26-7-4-22(5-8-26)10-17(22)12-24-20(28)18-9-15-3-6-23-13-19(15)30-18/h3,6,9,11,13-14,17H,2,4-5,7-8,10,12H2,1H3,(H,24,28). The van der Waals surface area contributed by atoms with E-state index in [0.29, 0.717) is 29.4 Å². The molecule has 2 fully saturated rings. The maximum atomic E-state index is 12.7. The second-order valence-corrected chi connectivity index (χ2v) is 8.37. The van der Waals surface area contributed by atoms with E-state index in [0.717, 1.165) is 44.3 Å². The molecule has 1 N–H and O–H groups in total. The second kappa shape index (κ2) is 7.27. The normalized spacial score (nSPS) is 19.9. The molecule has 1 aliphatic carbocycles. The van der Waals surface area contributed by atoms with Crippen LogP contribution in [0.2, 0.25) is 0 Å². The number of nitrogens with zero attached hydrogens (tertiary/aromatic N) is 4. The molecule has 0 radical (unpaired) electrons. The molecule has 156 valence electrons. The molecule has 0 aromatic carbocycles. The van der Waals surface area contributed by atoms with Crippen LogP contribution in [0.4, 0.5) is 0 Å². The maximum Gasteiger partial charge on any atom is 0.287 e. The van der Waals surface area contributed by atoms with Crippen LogP contribution in [0.1, 0.15) is 47.1 Å². The first-order valence-electron chi connectivity index (χ1n) is 10.5. The SMILES string of the molecule is CCn1cc(C(=O)N2CCC3(CC2)CC3CNC(=O)c2cc3ccncc3o2)cn1. The van der Waals surface area contributed by atoms with Crippen molar-refractivity contribution in [1.29, 1.82) is 0 Å². The van der Waals surface area contributed by atoms with Gasteiger partial charge in [0, 0.05) is 44.0 Å². The fourth-order valence-corrected chi connectivity index (χ4v) is 4.62. The molecule has 0 bridgehead atoms. The number of carbonyl (C=O) groups excluding carboxylic acids is 2. The van der Waals surface area contributed by atoms with Gasteiger partial charge in [-0.3, -0.25) is 19.3 Å². The predicted octanol–water partition coefficient (Wildman–Crippen LogP) is 2.72. The summed E-state index contributed by atoms with van der Waals surface area (Å²) in [6.45, 7) is 4.93. The van der Waals surface area contributed by atoms with Gasteiger partial charge >= 0.3 is 0 Å². The van der Waals surface area contributed by atoms with Crippen molar-refractivity contribution in [2.75, 3.05) is 19.6 Å². The van der Waals surface area contributed by atoms with Crippen LogP contribution in [0.5, 0.6) is 0 Å². The number of carbonyl (C=O) groups is 2. The van der Waals surface area contributed by atoms with Gasteiger partial charge < -0.3 is 14.6 Å². The highest BCUT2D eigenvalue weighted by Crippen LogP contribution is 2.59. The van der Waals surface area contributed by atoms with Crippen LogP contribution >= 0.6 is 0 Å². The molecular weight excluding hydrogens is 382 g/mol. The van der Waals surface area contributed by atoms with Crippen molar-refractivity contribution in [2.24, 2.45) is 11.3 Å². The van der Waals surface area contributed by atoms with Crippen LogP contribution in [-0.2, 0) is 6.54 Å². The third-order valence-electron chi connectivity index (χ3n) is 6.67. The number of nitrogens with one attached hydrogen (secondary N) is 1. The van der Waals surface area contributed by atoms with Crippen LogP contribution in [0.25, 0.3) is 11.0 Å². The molecule has 8 nitrogen and oxygen atoms in total. The minimum Gasteiger partial charge on any atom is -0.449 e. The first-order chi connectivity index (χ1) is 14.6. The Bertz CT molecular complexity index is 1060. The molecule has 1 saturated carbocycles. The average molecular weight is 407 g/mol.